The van der Waals surface area contributed by atoms with Crippen LogP contribution in [0.15, 0.2) is 6.07 Å². The molecule has 4 nitrogen and oxygen atoms in total. The molecule has 2 heterocycles. The van der Waals surface area contributed by atoms with Gasteiger partial charge in [0, 0.05) is 0 Å². The van der Waals surface area contributed by atoms with Crippen molar-refractivity contribution in [1.82, 2.24) is 9.97 Å². The van der Waals surface area contributed by atoms with Crippen molar-refractivity contribution in [3.8, 4) is 0 Å². The highest BCUT2D eigenvalue weighted by Crippen LogP contribution is 2.22. The van der Waals surface area contributed by atoms with Crippen molar-refractivity contribution in [2.24, 2.45) is 0 Å². The van der Waals surface area contributed by atoms with Crippen LogP contribution in [0, 0.1) is 6.92 Å². The van der Waals surface area contributed by atoms with Crippen LogP contribution in [-0.4, -0.2) is 21.0 Å². The number of rotatable bonds is 1. The van der Waals surface area contributed by atoms with Crippen molar-refractivity contribution in [1.29, 1.82) is 0 Å². The predicted molar refractivity (Wildman–Crippen MR) is 45.7 cm³/mol. The number of thiophene rings is 1. The molecular formula is C7H6N2O2S. The van der Waals surface area contributed by atoms with E-state index < -0.39 is 5.97 Å². The molecule has 2 N–H and O–H groups in total. The molecule has 0 saturated carbocycles. The Bertz CT molecular complexity index is 412. The molecule has 0 atom stereocenters. The summed E-state index contributed by atoms with van der Waals surface area (Å²) < 4.78 is 0. The molecule has 0 aliphatic carbocycles. The van der Waals surface area contributed by atoms with E-state index in [1.165, 1.54) is 11.3 Å². The highest BCUT2D eigenvalue weighted by Gasteiger charge is 2.10. The Kier molecular flexibility index (Phi) is 1.41. The van der Waals surface area contributed by atoms with Crippen molar-refractivity contribution in [2.45, 2.75) is 6.92 Å². The number of nitrogens with zero attached hydrogens (tertiary/aromatic N) is 1. The minimum atomic E-state index is -0.899. The fourth-order valence-corrected chi connectivity index (χ4v) is 1.91. The fourth-order valence-electron chi connectivity index (χ4n) is 1.03. The maximum atomic E-state index is 10.5. The fraction of sp³-hybridized carbons (Fsp3) is 0.143. The molecule has 0 amide bonds. The lowest BCUT2D eigenvalue weighted by Crippen LogP contribution is -1.89. The zero-order valence-electron chi connectivity index (χ0n) is 6.29. The van der Waals surface area contributed by atoms with E-state index in [1.54, 1.807) is 6.07 Å². The van der Waals surface area contributed by atoms with E-state index in [0.29, 0.717) is 4.88 Å². The van der Waals surface area contributed by atoms with Gasteiger partial charge in [-0.25, -0.2) is 9.78 Å². The van der Waals surface area contributed by atoms with Gasteiger partial charge in [0.25, 0.3) is 0 Å². The molecule has 0 unspecified atom stereocenters. The number of aromatic nitrogens is 2. The van der Waals surface area contributed by atoms with Crippen LogP contribution in [0.2, 0.25) is 0 Å². The third-order valence-corrected chi connectivity index (χ3v) is 2.53. The maximum absolute atomic E-state index is 10.5. The summed E-state index contributed by atoms with van der Waals surface area (Å²) in [6.45, 7) is 1.84. The maximum Gasteiger partial charge on any atom is 0.346 e. The number of hydrogen-bond donors (Lipinski definition) is 2. The Balaban J connectivity index is 2.64. The molecular weight excluding hydrogens is 176 g/mol. The van der Waals surface area contributed by atoms with Crippen molar-refractivity contribution < 1.29 is 9.90 Å². The molecule has 2 aromatic rings. The van der Waals surface area contributed by atoms with Gasteiger partial charge in [-0.1, -0.05) is 0 Å². The number of aromatic carboxylic acids is 1. The number of carboxylic acids is 1. The number of aryl methyl sites for hydroxylation is 1. The minimum Gasteiger partial charge on any atom is -0.477 e. The topological polar surface area (TPSA) is 66.0 Å². The van der Waals surface area contributed by atoms with Crippen LogP contribution < -0.4 is 0 Å². The first-order valence-corrected chi connectivity index (χ1v) is 4.18. The number of aromatic amines is 1. The monoisotopic (exact) mass is 182 g/mol. The molecule has 0 bridgehead atoms. The quantitative estimate of drug-likeness (QED) is 0.704. The largest absolute Gasteiger partial charge is 0.477 e. The van der Waals surface area contributed by atoms with E-state index >= 15 is 0 Å². The van der Waals surface area contributed by atoms with Gasteiger partial charge < -0.3 is 10.1 Å². The van der Waals surface area contributed by atoms with Gasteiger partial charge in [0.2, 0.25) is 0 Å². The lowest BCUT2D eigenvalue weighted by Gasteiger charge is -1.81. The zero-order valence-corrected chi connectivity index (χ0v) is 7.10. The van der Waals surface area contributed by atoms with E-state index in [4.69, 9.17) is 5.11 Å². The van der Waals surface area contributed by atoms with Gasteiger partial charge in [-0.15, -0.1) is 11.3 Å². The predicted octanol–water partition coefficient (Wildman–Crippen LogP) is 1.63. The third kappa shape index (κ3) is 0.984. The average molecular weight is 182 g/mol. The summed E-state index contributed by atoms with van der Waals surface area (Å²) in [6, 6.07) is 1.60. The van der Waals surface area contributed by atoms with Crippen LogP contribution in [0.25, 0.3) is 10.3 Å². The standard InChI is InChI=1S/C7H6N2O2S/c1-3-8-4-2-5(7(10)11)12-6(4)9-3/h2H,1H3,(H,8,9)(H,10,11). The SMILES string of the molecule is Cc1nc2sc(C(=O)O)cc2[nH]1. The number of carbonyl (C=O) groups is 1. The number of hydrogen-bond acceptors (Lipinski definition) is 3. The second kappa shape index (κ2) is 2.31. The third-order valence-electron chi connectivity index (χ3n) is 1.51. The summed E-state index contributed by atoms with van der Waals surface area (Å²) in [5, 5.41) is 8.64. The first-order chi connectivity index (χ1) is 5.66. The van der Waals surface area contributed by atoms with Crippen LogP contribution in [0.4, 0.5) is 0 Å². The first kappa shape index (κ1) is 7.30. The van der Waals surface area contributed by atoms with Crippen molar-refractivity contribution in [3.63, 3.8) is 0 Å². The number of carboxylic acid groups (broad SMARTS) is 1. The van der Waals surface area contributed by atoms with Crippen molar-refractivity contribution in [2.75, 3.05) is 0 Å². The molecule has 2 rings (SSSR count). The van der Waals surface area contributed by atoms with Gasteiger partial charge in [-0.2, -0.15) is 0 Å². The van der Waals surface area contributed by atoms with Crippen molar-refractivity contribution in [3.05, 3.63) is 16.8 Å². The summed E-state index contributed by atoms with van der Waals surface area (Å²) in [5.41, 5.74) is 0.801. The number of H-pyrrole nitrogens is 1. The number of imidazole rings is 1. The summed E-state index contributed by atoms with van der Waals surface area (Å²) >= 11 is 1.18. The number of fused-ring (bicyclic) bond motifs is 1. The lowest BCUT2D eigenvalue weighted by atomic mass is 10.4. The molecule has 0 aliphatic heterocycles. The molecule has 0 fully saturated rings. The van der Waals surface area contributed by atoms with Gasteiger partial charge in [0.15, 0.2) is 0 Å². The molecule has 0 aliphatic rings. The summed E-state index contributed by atoms with van der Waals surface area (Å²) in [7, 11) is 0. The van der Waals surface area contributed by atoms with Crippen LogP contribution in [-0.2, 0) is 0 Å². The van der Waals surface area contributed by atoms with Crippen LogP contribution in [0.5, 0.6) is 0 Å². The van der Waals surface area contributed by atoms with E-state index in [-0.39, 0.29) is 0 Å². The number of nitrogens with one attached hydrogen (secondary N) is 1. The van der Waals surface area contributed by atoms with Crippen LogP contribution in [0.3, 0.4) is 0 Å². The second-order valence-corrected chi connectivity index (χ2v) is 3.49. The Morgan fingerprint density at radius 3 is 3.08 bits per heavy atom. The van der Waals surface area contributed by atoms with Crippen LogP contribution in [0.1, 0.15) is 15.5 Å². The lowest BCUT2D eigenvalue weighted by molar-refractivity contribution is 0.0702. The van der Waals surface area contributed by atoms with Gasteiger partial charge in [-0.3, -0.25) is 0 Å². The molecule has 5 heteroatoms. The Hall–Kier alpha value is -1.36. The van der Waals surface area contributed by atoms with Gasteiger partial charge in [0.05, 0.1) is 5.52 Å². The van der Waals surface area contributed by atoms with E-state index in [2.05, 4.69) is 9.97 Å². The van der Waals surface area contributed by atoms with E-state index in [9.17, 15) is 4.79 Å². The van der Waals surface area contributed by atoms with Gasteiger partial charge in [0.1, 0.15) is 15.5 Å². The highest BCUT2D eigenvalue weighted by molar-refractivity contribution is 7.20. The molecule has 0 radical (unpaired) electrons. The van der Waals surface area contributed by atoms with E-state index in [0.717, 1.165) is 16.2 Å². The molecule has 12 heavy (non-hydrogen) atoms. The summed E-state index contributed by atoms with van der Waals surface area (Å²) in [6.07, 6.45) is 0. The van der Waals surface area contributed by atoms with Crippen molar-refractivity contribution >= 4 is 27.7 Å². The average Bonchev–Trinajstić information content (AvgIpc) is 2.42. The molecule has 0 saturated heterocycles. The Labute approximate surface area is 71.9 Å². The van der Waals surface area contributed by atoms with Gasteiger partial charge in [-0.05, 0) is 13.0 Å². The Morgan fingerprint density at radius 2 is 2.50 bits per heavy atom. The summed E-state index contributed by atoms with van der Waals surface area (Å²) in [4.78, 5) is 18.7. The smallest absolute Gasteiger partial charge is 0.346 e. The van der Waals surface area contributed by atoms with Gasteiger partial charge >= 0.3 is 5.97 Å². The molecule has 2 aromatic heterocycles. The molecule has 0 aromatic carbocycles. The highest BCUT2D eigenvalue weighted by atomic mass is 32.1. The second-order valence-electron chi connectivity index (χ2n) is 2.46. The Morgan fingerprint density at radius 1 is 1.75 bits per heavy atom. The zero-order chi connectivity index (χ0) is 8.72. The summed E-state index contributed by atoms with van der Waals surface area (Å²) in [5.74, 6) is -0.0859. The van der Waals surface area contributed by atoms with E-state index in [1.807, 2.05) is 6.92 Å². The van der Waals surface area contributed by atoms with Crippen LogP contribution >= 0.6 is 11.3 Å². The normalized spacial score (nSPS) is 10.8. The first-order valence-electron chi connectivity index (χ1n) is 3.36. The minimum absolute atomic E-state index is 0.323. The molecule has 62 valence electrons. The molecule has 0 spiro atoms.